The lowest BCUT2D eigenvalue weighted by Crippen LogP contribution is -2.50. The number of amides is 2. The maximum absolute atomic E-state index is 13.9. The number of aromatic carboxylic acids is 1. The van der Waals surface area contributed by atoms with Gasteiger partial charge in [0.25, 0.3) is 0 Å². The average molecular weight is 584 g/mol. The number of carbonyl (C=O) groups is 4. The summed E-state index contributed by atoms with van der Waals surface area (Å²) in [5.41, 5.74) is -0.839. The minimum Gasteiger partial charge on any atom is -0.476 e. The maximum atomic E-state index is 13.9. The third-order valence-electron chi connectivity index (χ3n) is 7.23. The normalized spacial score (nSPS) is 15.8. The number of ether oxygens (including phenoxy) is 1. The lowest BCUT2D eigenvalue weighted by Gasteiger charge is -2.37. The van der Waals surface area contributed by atoms with Crippen molar-refractivity contribution >= 4 is 35.1 Å². The van der Waals surface area contributed by atoms with Crippen LogP contribution in [0.15, 0.2) is 5.38 Å². The molecule has 0 spiro atoms. The number of likely N-dealkylation sites (N-methyl/N-ethyl adjacent to an activating group) is 1. The van der Waals surface area contributed by atoms with Crippen LogP contribution in [0.2, 0.25) is 0 Å². The van der Waals surface area contributed by atoms with E-state index in [2.05, 4.69) is 4.98 Å². The smallest absolute Gasteiger partial charge is 0.410 e. The molecule has 5 atom stereocenters. The molecule has 40 heavy (non-hydrogen) atoms. The number of hydrogen-bond acceptors (Lipinski definition) is 8. The Balaban J connectivity index is 3.19. The van der Waals surface area contributed by atoms with Crippen molar-refractivity contribution in [3.63, 3.8) is 0 Å². The molecule has 1 aromatic heterocycles. The molecule has 0 saturated heterocycles. The summed E-state index contributed by atoms with van der Waals surface area (Å²) in [6.45, 7) is 16.8. The van der Waals surface area contributed by atoms with Crippen LogP contribution in [0.1, 0.15) is 103 Å². The standard InChI is InChI=1S/C29H49N3O7S/c1-12-18(6)19(13-22(33)24(17(4)5)32(11)28(38)39-29(7,8)9)26(35)31(10)21(16(2)3)14-23(34)25-30-20(15-40-25)27(36)37/h15-19,21,23-24,34H,12-14H2,1-11H3,(H,36,37)/t18-,19-,21+,23+,24-/m0/s1. The lowest BCUT2D eigenvalue weighted by atomic mass is 9.82. The van der Waals surface area contributed by atoms with Crippen molar-refractivity contribution in [1.29, 1.82) is 0 Å². The highest BCUT2D eigenvalue weighted by Gasteiger charge is 2.38. The van der Waals surface area contributed by atoms with E-state index in [0.717, 1.165) is 11.3 Å². The number of thiazole rings is 1. The van der Waals surface area contributed by atoms with Gasteiger partial charge >= 0.3 is 12.1 Å². The number of hydrogen-bond donors (Lipinski definition) is 2. The van der Waals surface area contributed by atoms with Crippen LogP contribution in [0.25, 0.3) is 0 Å². The predicted molar refractivity (Wildman–Crippen MR) is 155 cm³/mol. The number of carboxylic acid groups (broad SMARTS) is 1. The van der Waals surface area contributed by atoms with E-state index >= 15 is 0 Å². The zero-order chi connectivity index (χ0) is 31.1. The van der Waals surface area contributed by atoms with E-state index < -0.39 is 35.7 Å². The first kappa shape index (κ1) is 35.5. The van der Waals surface area contributed by atoms with Crippen LogP contribution in [0.5, 0.6) is 0 Å². The van der Waals surface area contributed by atoms with Gasteiger partial charge in [-0.3, -0.25) is 9.59 Å². The molecular formula is C29H49N3O7S. The molecule has 0 fully saturated rings. The minimum absolute atomic E-state index is 0.0301. The first-order valence-electron chi connectivity index (χ1n) is 13.9. The van der Waals surface area contributed by atoms with Crippen molar-refractivity contribution in [2.45, 2.75) is 105 Å². The molecule has 0 aliphatic heterocycles. The van der Waals surface area contributed by atoms with Crippen LogP contribution < -0.4 is 0 Å². The van der Waals surface area contributed by atoms with Gasteiger partial charge in [-0.15, -0.1) is 11.3 Å². The number of aliphatic hydroxyl groups excluding tert-OH is 1. The molecule has 2 N–H and O–H groups in total. The number of Topliss-reactive ketones (excluding diaryl/α,β-unsaturated/α-hetero) is 1. The second kappa shape index (κ2) is 14.9. The summed E-state index contributed by atoms with van der Waals surface area (Å²) in [5.74, 6) is -2.52. The molecule has 0 bridgehead atoms. The zero-order valence-corrected chi connectivity index (χ0v) is 26.7. The summed E-state index contributed by atoms with van der Waals surface area (Å²) in [6, 6.07) is -1.14. The van der Waals surface area contributed by atoms with E-state index in [0.29, 0.717) is 6.42 Å². The van der Waals surface area contributed by atoms with Crippen LogP contribution >= 0.6 is 11.3 Å². The number of carboxylic acids is 1. The van der Waals surface area contributed by atoms with Crippen LogP contribution in [-0.2, 0) is 14.3 Å². The fraction of sp³-hybridized carbons (Fsp3) is 0.759. The Morgan fingerprint density at radius 1 is 1.02 bits per heavy atom. The summed E-state index contributed by atoms with van der Waals surface area (Å²) in [5, 5.41) is 21.7. The van der Waals surface area contributed by atoms with Gasteiger partial charge in [0.15, 0.2) is 11.5 Å². The van der Waals surface area contributed by atoms with E-state index in [4.69, 9.17) is 9.84 Å². The van der Waals surface area contributed by atoms with Crippen molar-refractivity contribution in [2.75, 3.05) is 14.1 Å². The summed E-state index contributed by atoms with van der Waals surface area (Å²) in [6.07, 6.45) is -0.820. The van der Waals surface area contributed by atoms with E-state index in [9.17, 15) is 24.3 Å². The van der Waals surface area contributed by atoms with Gasteiger partial charge in [-0.2, -0.15) is 0 Å². The molecule has 228 valence electrons. The molecule has 1 rings (SSSR count). The third kappa shape index (κ3) is 9.83. The molecule has 0 aliphatic carbocycles. The van der Waals surface area contributed by atoms with Crippen molar-refractivity contribution in [3.8, 4) is 0 Å². The number of ketones is 1. The summed E-state index contributed by atoms with van der Waals surface area (Å²) < 4.78 is 5.48. The number of rotatable bonds is 14. The maximum Gasteiger partial charge on any atom is 0.410 e. The molecular weight excluding hydrogens is 534 g/mol. The minimum atomic E-state index is -1.17. The Morgan fingerprint density at radius 2 is 1.60 bits per heavy atom. The number of carbonyl (C=O) groups excluding carboxylic acids is 3. The van der Waals surface area contributed by atoms with Gasteiger partial charge in [-0.05, 0) is 38.5 Å². The van der Waals surface area contributed by atoms with Gasteiger partial charge in [-0.1, -0.05) is 48.0 Å². The van der Waals surface area contributed by atoms with Crippen LogP contribution in [-0.4, -0.2) is 80.5 Å². The molecule has 0 saturated carbocycles. The van der Waals surface area contributed by atoms with Gasteiger partial charge in [-0.25, -0.2) is 14.6 Å². The predicted octanol–water partition coefficient (Wildman–Crippen LogP) is 5.26. The average Bonchev–Trinajstić information content (AvgIpc) is 3.34. The van der Waals surface area contributed by atoms with Crippen LogP contribution in [0.4, 0.5) is 4.79 Å². The fourth-order valence-corrected chi connectivity index (χ4v) is 5.60. The topological polar surface area (TPSA) is 137 Å². The number of aliphatic hydroxyl groups is 1. The quantitative estimate of drug-likeness (QED) is 0.303. The molecule has 1 heterocycles. The van der Waals surface area contributed by atoms with Gasteiger partial charge < -0.3 is 24.7 Å². The Bertz CT molecular complexity index is 1020. The van der Waals surface area contributed by atoms with Gasteiger partial charge in [0.05, 0.1) is 6.04 Å². The first-order valence-corrected chi connectivity index (χ1v) is 14.8. The second-order valence-corrected chi connectivity index (χ2v) is 13.2. The molecule has 10 nitrogen and oxygen atoms in total. The first-order chi connectivity index (χ1) is 18.3. The molecule has 0 aliphatic rings. The van der Waals surface area contributed by atoms with Crippen molar-refractivity contribution < 1.29 is 34.1 Å². The van der Waals surface area contributed by atoms with Gasteiger partial charge in [0.1, 0.15) is 16.7 Å². The van der Waals surface area contributed by atoms with Gasteiger partial charge in [0.2, 0.25) is 5.91 Å². The Morgan fingerprint density at radius 3 is 2.02 bits per heavy atom. The van der Waals surface area contributed by atoms with Gasteiger partial charge in [0, 0.05) is 44.3 Å². The number of aromatic nitrogens is 1. The highest BCUT2D eigenvalue weighted by molar-refractivity contribution is 7.09. The third-order valence-corrected chi connectivity index (χ3v) is 8.18. The second-order valence-electron chi connectivity index (χ2n) is 12.3. The molecule has 0 aromatic carbocycles. The SMILES string of the molecule is CC[C@H](C)[C@H](CC(=O)[C@H](C(C)C)N(C)C(=O)OC(C)(C)C)C(=O)N(C)[C@H](C[C@@H](O)c1nc(C(=O)O)cs1)C(C)C. The van der Waals surface area contributed by atoms with Crippen molar-refractivity contribution in [3.05, 3.63) is 16.1 Å². The summed E-state index contributed by atoms with van der Waals surface area (Å²) in [7, 11) is 3.23. The summed E-state index contributed by atoms with van der Waals surface area (Å²) >= 11 is 1.06. The van der Waals surface area contributed by atoms with E-state index in [-0.39, 0.29) is 59.0 Å². The van der Waals surface area contributed by atoms with E-state index in [1.807, 2.05) is 41.5 Å². The zero-order valence-electron chi connectivity index (χ0n) is 25.9. The van der Waals surface area contributed by atoms with Crippen molar-refractivity contribution in [2.24, 2.45) is 23.7 Å². The Kier molecular flexibility index (Phi) is 13.2. The summed E-state index contributed by atoms with van der Waals surface area (Å²) in [4.78, 5) is 58.5. The Hall–Kier alpha value is -2.53. The molecule has 2 amide bonds. The van der Waals surface area contributed by atoms with Crippen LogP contribution in [0, 0.1) is 23.7 Å². The Labute approximate surface area is 243 Å². The molecule has 11 heteroatoms. The lowest BCUT2D eigenvalue weighted by molar-refractivity contribution is -0.143. The van der Waals surface area contributed by atoms with Crippen LogP contribution in [0.3, 0.4) is 0 Å². The monoisotopic (exact) mass is 583 g/mol. The number of nitrogens with zero attached hydrogens (tertiary/aromatic N) is 3. The molecule has 0 radical (unpaired) electrons. The van der Waals surface area contributed by atoms with E-state index in [1.165, 1.54) is 10.3 Å². The molecule has 1 aromatic rings. The van der Waals surface area contributed by atoms with Crippen molar-refractivity contribution in [1.82, 2.24) is 14.8 Å². The largest absolute Gasteiger partial charge is 0.476 e. The highest BCUT2D eigenvalue weighted by Crippen LogP contribution is 2.30. The molecule has 0 unspecified atom stereocenters. The fourth-order valence-electron chi connectivity index (χ4n) is 4.81. The van der Waals surface area contributed by atoms with E-state index in [1.54, 1.807) is 39.8 Å². The highest BCUT2D eigenvalue weighted by atomic mass is 32.1.